The molecule has 21 heavy (non-hydrogen) atoms. The van der Waals surface area contributed by atoms with Crippen LogP contribution in [0.2, 0.25) is 0 Å². The smallest absolute Gasteiger partial charge is 0.273 e. The summed E-state index contributed by atoms with van der Waals surface area (Å²) in [5, 5.41) is 30.2. The van der Waals surface area contributed by atoms with Gasteiger partial charge in [0.05, 0.1) is 14.6 Å². The summed E-state index contributed by atoms with van der Waals surface area (Å²) in [7, 11) is 0. The zero-order valence-corrected chi connectivity index (χ0v) is 14.6. The highest BCUT2D eigenvalue weighted by Gasteiger charge is 2.10. The van der Waals surface area contributed by atoms with E-state index < -0.39 is 4.92 Å². The van der Waals surface area contributed by atoms with Crippen LogP contribution in [-0.2, 0) is 0 Å². The molecule has 0 saturated carbocycles. The first-order chi connectivity index (χ1) is 9.88. The molecule has 2 aromatic rings. The van der Waals surface area contributed by atoms with Crippen molar-refractivity contribution in [2.75, 3.05) is 0 Å². The Morgan fingerprint density at radius 3 is 2.52 bits per heavy atom. The van der Waals surface area contributed by atoms with E-state index in [0.29, 0.717) is 9.13 Å². The van der Waals surface area contributed by atoms with Crippen molar-refractivity contribution in [2.45, 2.75) is 0 Å². The average molecular weight is 510 g/mol. The second-order valence-corrected chi connectivity index (χ2v) is 6.42. The van der Waals surface area contributed by atoms with Gasteiger partial charge in [-0.2, -0.15) is 0 Å². The summed E-state index contributed by atoms with van der Waals surface area (Å²) in [5.74, 6) is -0.193. The van der Waals surface area contributed by atoms with Gasteiger partial charge in [-0.3, -0.25) is 15.1 Å². The minimum Gasteiger partial charge on any atom is -0.506 e. The quantitative estimate of drug-likeness (QED) is 0.283. The fraction of sp³-hybridized carbons (Fsp3) is 0. The largest absolute Gasteiger partial charge is 0.506 e. The SMILES string of the molecule is O=[N+]([O-])c1ccc(N=Cc2cc(I)cc(I)c2O)c(O)c1. The molecule has 0 fully saturated rings. The maximum atomic E-state index is 10.6. The first-order valence-electron chi connectivity index (χ1n) is 5.58. The Bertz CT molecular complexity index is 747. The Morgan fingerprint density at radius 2 is 1.90 bits per heavy atom. The number of hydrogen-bond donors (Lipinski definition) is 2. The van der Waals surface area contributed by atoms with Gasteiger partial charge in [0.15, 0.2) is 0 Å². The van der Waals surface area contributed by atoms with Crippen LogP contribution >= 0.6 is 45.2 Å². The highest BCUT2D eigenvalue weighted by Crippen LogP contribution is 2.31. The number of phenolic OH excluding ortho intramolecular Hbond substituents is 2. The van der Waals surface area contributed by atoms with Gasteiger partial charge in [-0.25, -0.2) is 0 Å². The molecule has 8 heteroatoms. The van der Waals surface area contributed by atoms with Crippen molar-refractivity contribution in [3.8, 4) is 11.5 Å². The number of rotatable bonds is 3. The van der Waals surface area contributed by atoms with Crippen LogP contribution in [0, 0.1) is 17.3 Å². The van der Waals surface area contributed by atoms with Crippen LogP contribution < -0.4 is 0 Å². The van der Waals surface area contributed by atoms with Gasteiger partial charge in [-0.1, -0.05) is 0 Å². The average Bonchev–Trinajstić information content (AvgIpc) is 2.42. The third kappa shape index (κ3) is 3.81. The van der Waals surface area contributed by atoms with Crippen LogP contribution in [0.15, 0.2) is 35.3 Å². The molecule has 0 atom stereocenters. The molecule has 0 heterocycles. The fourth-order valence-corrected chi connectivity index (χ4v) is 3.45. The van der Waals surface area contributed by atoms with Gasteiger partial charge >= 0.3 is 0 Å². The molecule has 0 aliphatic heterocycles. The standard InChI is InChI=1S/C13H8I2N2O4/c14-8-3-7(13(19)10(15)4-8)6-16-11-2-1-9(17(20)21)5-12(11)18/h1-6,18-19H. The van der Waals surface area contributed by atoms with Crippen LogP contribution in [0.4, 0.5) is 11.4 Å². The number of aromatic hydroxyl groups is 2. The van der Waals surface area contributed by atoms with E-state index in [4.69, 9.17) is 0 Å². The molecule has 0 saturated heterocycles. The second-order valence-electron chi connectivity index (χ2n) is 4.01. The third-order valence-corrected chi connectivity index (χ3v) is 4.02. The van der Waals surface area contributed by atoms with E-state index in [0.717, 1.165) is 9.64 Å². The lowest BCUT2D eigenvalue weighted by atomic mass is 10.2. The maximum Gasteiger partial charge on any atom is 0.273 e. The fourth-order valence-electron chi connectivity index (χ4n) is 1.56. The molecule has 2 rings (SSSR count). The molecular formula is C13H8I2N2O4. The Labute approximate surface area is 147 Å². The van der Waals surface area contributed by atoms with Crippen LogP contribution in [0.5, 0.6) is 11.5 Å². The highest BCUT2D eigenvalue weighted by atomic mass is 127. The molecule has 0 aliphatic carbocycles. The number of halogens is 2. The minimum atomic E-state index is -0.596. The van der Waals surface area contributed by atoms with Crippen molar-refractivity contribution in [2.24, 2.45) is 4.99 Å². The number of phenols is 2. The number of nitro groups is 1. The summed E-state index contributed by atoms with van der Waals surface area (Å²) in [5.41, 5.74) is 0.482. The summed E-state index contributed by atoms with van der Waals surface area (Å²) in [6.45, 7) is 0. The second kappa shape index (κ2) is 6.56. The first-order valence-corrected chi connectivity index (χ1v) is 7.73. The Hall–Kier alpha value is -1.43. The predicted molar refractivity (Wildman–Crippen MR) is 95.6 cm³/mol. The van der Waals surface area contributed by atoms with E-state index in [1.807, 2.05) is 28.7 Å². The Kier molecular flexibility index (Phi) is 4.98. The highest BCUT2D eigenvalue weighted by molar-refractivity contribution is 14.1. The van der Waals surface area contributed by atoms with Crippen molar-refractivity contribution in [3.05, 3.63) is 53.1 Å². The molecule has 0 unspecified atom stereocenters. The molecular weight excluding hydrogens is 502 g/mol. The molecule has 0 aliphatic rings. The normalized spacial score (nSPS) is 11.0. The number of aliphatic imine (C=N–C) groups is 1. The molecule has 2 aromatic carbocycles. The van der Waals surface area contributed by atoms with E-state index >= 15 is 0 Å². The summed E-state index contributed by atoms with van der Waals surface area (Å²) in [6, 6.07) is 7.19. The lowest BCUT2D eigenvalue weighted by Gasteiger charge is -2.03. The molecule has 6 nitrogen and oxygen atoms in total. The van der Waals surface area contributed by atoms with E-state index in [-0.39, 0.29) is 22.9 Å². The number of non-ortho nitro benzene ring substituents is 1. The maximum absolute atomic E-state index is 10.6. The van der Waals surface area contributed by atoms with Crippen LogP contribution in [-0.4, -0.2) is 21.4 Å². The van der Waals surface area contributed by atoms with Crippen molar-refractivity contribution in [1.29, 1.82) is 0 Å². The lowest BCUT2D eigenvalue weighted by molar-refractivity contribution is -0.384. The topological polar surface area (TPSA) is 96.0 Å². The van der Waals surface area contributed by atoms with Gasteiger partial charge in [-0.05, 0) is 63.4 Å². The summed E-state index contributed by atoms with van der Waals surface area (Å²) >= 11 is 4.13. The minimum absolute atomic E-state index is 0.0983. The lowest BCUT2D eigenvalue weighted by Crippen LogP contribution is -1.88. The number of nitro benzene ring substituents is 1. The zero-order valence-electron chi connectivity index (χ0n) is 10.3. The van der Waals surface area contributed by atoms with Gasteiger partial charge < -0.3 is 10.2 Å². The monoisotopic (exact) mass is 510 g/mol. The molecule has 2 N–H and O–H groups in total. The van der Waals surface area contributed by atoms with Gasteiger partial charge in [-0.15, -0.1) is 0 Å². The van der Waals surface area contributed by atoms with E-state index in [1.54, 1.807) is 6.07 Å². The number of nitrogens with zero attached hydrogens (tertiary/aromatic N) is 2. The van der Waals surface area contributed by atoms with Crippen molar-refractivity contribution in [1.82, 2.24) is 0 Å². The molecule has 0 amide bonds. The summed E-state index contributed by atoms with van der Waals surface area (Å²) in [4.78, 5) is 14.0. The van der Waals surface area contributed by atoms with Crippen molar-refractivity contribution in [3.63, 3.8) is 0 Å². The Morgan fingerprint density at radius 1 is 1.19 bits per heavy atom. The van der Waals surface area contributed by atoms with Crippen molar-refractivity contribution < 1.29 is 15.1 Å². The van der Waals surface area contributed by atoms with Gasteiger partial charge in [0.1, 0.15) is 17.2 Å². The summed E-state index contributed by atoms with van der Waals surface area (Å²) < 4.78 is 1.62. The van der Waals surface area contributed by atoms with Crippen molar-refractivity contribution >= 4 is 62.8 Å². The summed E-state index contributed by atoms with van der Waals surface area (Å²) in [6.07, 6.45) is 1.40. The molecule has 0 aromatic heterocycles. The third-order valence-electron chi connectivity index (χ3n) is 2.57. The van der Waals surface area contributed by atoms with E-state index in [2.05, 4.69) is 27.6 Å². The van der Waals surface area contributed by atoms with Gasteiger partial charge in [0.2, 0.25) is 0 Å². The number of hydrogen-bond acceptors (Lipinski definition) is 5. The van der Waals surface area contributed by atoms with Crippen LogP contribution in [0.3, 0.4) is 0 Å². The van der Waals surface area contributed by atoms with Gasteiger partial charge in [0, 0.05) is 21.4 Å². The van der Waals surface area contributed by atoms with Crippen LogP contribution in [0.1, 0.15) is 5.56 Å². The Balaban J connectivity index is 2.36. The molecule has 108 valence electrons. The number of benzene rings is 2. The van der Waals surface area contributed by atoms with Crippen LogP contribution in [0.25, 0.3) is 0 Å². The zero-order chi connectivity index (χ0) is 15.6. The molecule has 0 bridgehead atoms. The van der Waals surface area contributed by atoms with E-state index in [1.165, 1.54) is 18.3 Å². The molecule has 0 radical (unpaired) electrons. The predicted octanol–water partition coefficient (Wildman–Crippen LogP) is 3.97. The van der Waals surface area contributed by atoms with E-state index in [9.17, 15) is 20.3 Å². The first kappa shape index (κ1) is 15.9. The van der Waals surface area contributed by atoms with Gasteiger partial charge in [0.25, 0.3) is 5.69 Å². The molecule has 0 spiro atoms.